The zero-order chi connectivity index (χ0) is 11.4. The summed E-state index contributed by atoms with van der Waals surface area (Å²) in [4.78, 5) is 2.95. The first-order chi connectivity index (χ1) is 7.10. The number of nitrogens with two attached hydrogens (primary N) is 1. The van der Waals surface area contributed by atoms with Gasteiger partial charge in [-0.1, -0.05) is 20.3 Å². The normalized spacial score (nSPS) is 17.1. The van der Waals surface area contributed by atoms with Crippen LogP contribution in [0.25, 0.3) is 0 Å². The van der Waals surface area contributed by atoms with Gasteiger partial charge >= 0.3 is 0 Å². The van der Waals surface area contributed by atoms with Crippen molar-refractivity contribution in [3.05, 3.63) is 23.5 Å². The van der Waals surface area contributed by atoms with Crippen LogP contribution in [0.2, 0.25) is 0 Å². The Kier molecular flexibility index (Phi) is 4.05. The van der Waals surface area contributed by atoms with E-state index in [1.54, 1.807) is 12.1 Å². The number of nitrogens with one attached hydrogen (secondary N) is 2. The van der Waals surface area contributed by atoms with Gasteiger partial charge in [-0.25, -0.2) is 0 Å². The fraction of sp³-hybridized carbons (Fsp3) is 0.545. The molecule has 0 aliphatic carbocycles. The molecule has 3 atom stereocenters. The number of aromatic amines is 1. The van der Waals surface area contributed by atoms with Crippen molar-refractivity contribution in [2.75, 3.05) is 0 Å². The monoisotopic (exact) mass is 209 g/mol. The van der Waals surface area contributed by atoms with E-state index in [9.17, 15) is 5.11 Å². The van der Waals surface area contributed by atoms with Crippen LogP contribution in [0.5, 0.6) is 0 Å². The van der Waals surface area contributed by atoms with Crippen LogP contribution in [-0.4, -0.2) is 22.3 Å². The van der Waals surface area contributed by atoms with Gasteiger partial charge in [-0.05, 0) is 18.1 Å². The van der Waals surface area contributed by atoms with Crippen LogP contribution < -0.4 is 5.73 Å². The van der Waals surface area contributed by atoms with Gasteiger partial charge in [0.1, 0.15) is 6.10 Å². The third-order valence-electron chi connectivity index (χ3n) is 2.87. The van der Waals surface area contributed by atoms with E-state index in [1.165, 1.54) is 6.21 Å². The first-order valence-electron chi connectivity index (χ1n) is 5.23. The Morgan fingerprint density at radius 3 is 2.73 bits per heavy atom. The molecule has 0 spiro atoms. The predicted octanol–water partition coefficient (Wildman–Crippen LogP) is 1.42. The van der Waals surface area contributed by atoms with Crippen molar-refractivity contribution in [1.82, 2.24) is 4.98 Å². The van der Waals surface area contributed by atoms with Gasteiger partial charge in [0.2, 0.25) is 0 Å². The maximum Gasteiger partial charge on any atom is 0.109 e. The molecule has 0 aliphatic rings. The fourth-order valence-electron chi connectivity index (χ4n) is 1.48. The second-order valence-corrected chi connectivity index (χ2v) is 3.92. The molecule has 0 saturated carbocycles. The van der Waals surface area contributed by atoms with Gasteiger partial charge in [-0.3, -0.25) is 0 Å². The Labute approximate surface area is 90.0 Å². The van der Waals surface area contributed by atoms with Crippen LogP contribution in [0.4, 0.5) is 0 Å². The van der Waals surface area contributed by atoms with Crippen LogP contribution in [0.3, 0.4) is 0 Å². The minimum absolute atomic E-state index is 0.270. The van der Waals surface area contributed by atoms with Gasteiger partial charge in [0.15, 0.2) is 0 Å². The third kappa shape index (κ3) is 2.67. The molecule has 1 aromatic heterocycles. The lowest BCUT2D eigenvalue weighted by Crippen LogP contribution is -2.34. The van der Waals surface area contributed by atoms with Crippen molar-refractivity contribution in [2.24, 2.45) is 11.7 Å². The molecular formula is C11H19N3O. The van der Waals surface area contributed by atoms with Crippen molar-refractivity contribution in [2.45, 2.75) is 32.4 Å². The molecule has 0 radical (unpaired) electrons. The summed E-state index contributed by atoms with van der Waals surface area (Å²) in [6.45, 7) is 4.07. The lowest BCUT2D eigenvalue weighted by atomic mass is 9.94. The number of hydrogen-bond acceptors (Lipinski definition) is 3. The lowest BCUT2D eigenvalue weighted by Gasteiger charge is -2.23. The van der Waals surface area contributed by atoms with Crippen LogP contribution in [0.1, 0.15) is 37.8 Å². The van der Waals surface area contributed by atoms with E-state index in [0.717, 1.165) is 6.42 Å². The molecule has 1 heterocycles. The average molecular weight is 209 g/mol. The summed E-state index contributed by atoms with van der Waals surface area (Å²) < 4.78 is 0. The molecule has 2 unspecified atom stereocenters. The van der Waals surface area contributed by atoms with Crippen molar-refractivity contribution in [1.29, 1.82) is 5.41 Å². The molecule has 0 amide bonds. The number of aliphatic hydroxyl groups is 1. The first-order valence-corrected chi connectivity index (χ1v) is 5.23. The summed E-state index contributed by atoms with van der Waals surface area (Å²) in [7, 11) is 0. The van der Waals surface area contributed by atoms with E-state index >= 15 is 0 Å². The number of aliphatic hydroxyl groups excluding tert-OH is 1. The Bertz CT molecular complexity index is 321. The predicted molar refractivity (Wildman–Crippen MR) is 61.1 cm³/mol. The fourth-order valence-corrected chi connectivity index (χ4v) is 1.48. The smallest absolute Gasteiger partial charge is 0.109 e. The maximum absolute atomic E-state index is 9.97. The van der Waals surface area contributed by atoms with E-state index in [2.05, 4.69) is 11.9 Å². The standard InChI is InChI=1S/C11H19N3O/c1-3-7(2)10(13)11(15)9-5-4-8(6-12)14-9/h4-7,10-12,14-15H,3,13H2,1-2H3/t7?,10-,11?/m0/s1. The SMILES string of the molecule is CCC(C)[C@H](N)C(O)c1ccc(C=N)[nH]1. The van der Waals surface area contributed by atoms with Crippen molar-refractivity contribution >= 4 is 6.21 Å². The van der Waals surface area contributed by atoms with Gasteiger partial charge < -0.3 is 21.2 Å². The molecule has 0 aromatic carbocycles. The zero-order valence-corrected chi connectivity index (χ0v) is 9.20. The van der Waals surface area contributed by atoms with Gasteiger partial charge in [0, 0.05) is 18.0 Å². The molecule has 0 saturated heterocycles. The van der Waals surface area contributed by atoms with E-state index in [4.69, 9.17) is 11.1 Å². The molecule has 84 valence electrons. The summed E-state index contributed by atoms with van der Waals surface area (Å²) >= 11 is 0. The van der Waals surface area contributed by atoms with Crippen molar-refractivity contribution in [3.63, 3.8) is 0 Å². The molecule has 15 heavy (non-hydrogen) atoms. The van der Waals surface area contributed by atoms with Crippen molar-refractivity contribution in [3.8, 4) is 0 Å². The highest BCUT2D eigenvalue weighted by atomic mass is 16.3. The third-order valence-corrected chi connectivity index (χ3v) is 2.87. The van der Waals surface area contributed by atoms with E-state index in [-0.39, 0.29) is 12.0 Å². The highest BCUT2D eigenvalue weighted by Gasteiger charge is 2.22. The molecule has 1 aromatic rings. The number of aromatic nitrogens is 1. The molecular weight excluding hydrogens is 190 g/mol. The van der Waals surface area contributed by atoms with Crippen LogP contribution >= 0.6 is 0 Å². The van der Waals surface area contributed by atoms with Crippen molar-refractivity contribution < 1.29 is 5.11 Å². The number of rotatable bonds is 5. The highest BCUT2D eigenvalue weighted by Crippen LogP contribution is 2.21. The van der Waals surface area contributed by atoms with Crippen LogP contribution in [0, 0.1) is 11.3 Å². The Balaban J connectivity index is 2.74. The molecule has 4 nitrogen and oxygen atoms in total. The summed E-state index contributed by atoms with van der Waals surface area (Å²) in [6.07, 6.45) is 1.47. The Morgan fingerprint density at radius 1 is 1.60 bits per heavy atom. The van der Waals surface area contributed by atoms with Crippen LogP contribution in [-0.2, 0) is 0 Å². The molecule has 1 rings (SSSR count). The quantitative estimate of drug-likeness (QED) is 0.553. The average Bonchev–Trinajstić information content (AvgIpc) is 2.74. The van der Waals surface area contributed by atoms with Gasteiger partial charge in [-0.2, -0.15) is 0 Å². The largest absolute Gasteiger partial charge is 0.385 e. The first kappa shape index (κ1) is 11.9. The Morgan fingerprint density at radius 2 is 2.27 bits per heavy atom. The van der Waals surface area contributed by atoms with E-state index < -0.39 is 6.10 Å². The highest BCUT2D eigenvalue weighted by molar-refractivity contribution is 5.74. The minimum Gasteiger partial charge on any atom is -0.385 e. The Hall–Kier alpha value is -1.13. The number of H-pyrrole nitrogens is 1. The molecule has 0 aliphatic heterocycles. The second-order valence-electron chi connectivity index (χ2n) is 3.92. The van der Waals surface area contributed by atoms with E-state index in [0.29, 0.717) is 11.4 Å². The maximum atomic E-state index is 9.97. The summed E-state index contributed by atoms with van der Waals surface area (Å²) in [6, 6.07) is 3.26. The molecule has 4 heteroatoms. The van der Waals surface area contributed by atoms with Crippen LogP contribution in [0.15, 0.2) is 12.1 Å². The molecule has 0 fully saturated rings. The second kappa shape index (κ2) is 5.09. The van der Waals surface area contributed by atoms with Gasteiger partial charge in [-0.15, -0.1) is 0 Å². The summed E-state index contributed by atoms with van der Waals surface area (Å²) in [5.41, 5.74) is 7.29. The van der Waals surface area contributed by atoms with Gasteiger partial charge in [0.25, 0.3) is 0 Å². The van der Waals surface area contributed by atoms with Gasteiger partial charge in [0.05, 0.1) is 5.69 Å². The number of hydrogen-bond donors (Lipinski definition) is 4. The topological polar surface area (TPSA) is 85.9 Å². The molecule has 0 bridgehead atoms. The zero-order valence-electron chi connectivity index (χ0n) is 9.20. The van der Waals surface area contributed by atoms with E-state index in [1.807, 2.05) is 6.92 Å². The summed E-state index contributed by atoms with van der Waals surface area (Å²) in [5, 5.41) is 17.0. The summed E-state index contributed by atoms with van der Waals surface area (Å²) in [5.74, 6) is 0.270. The minimum atomic E-state index is -0.686. The lowest BCUT2D eigenvalue weighted by molar-refractivity contribution is 0.117. The molecule has 5 N–H and O–H groups in total.